The molecule has 0 fully saturated rings. The van der Waals surface area contributed by atoms with Crippen molar-refractivity contribution in [1.29, 1.82) is 0 Å². The number of ether oxygens (including phenoxy) is 2. The van der Waals surface area contributed by atoms with E-state index in [0.717, 1.165) is 23.4 Å². The number of nitrogens with two attached hydrogens (primary N) is 1. The Morgan fingerprint density at radius 2 is 2.12 bits per heavy atom. The third kappa shape index (κ3) is 4.12. The lowest BCUT2D eigenvalue weighted by Crippen LogP contribution is -2.88. The van der Waals surface area contributed by atoms with Crippen LogP contribution in [0.3, 0.4) is 0 Å². The third-order valence-electron chi connectivity index (χ3n) is 2.41. The summed E-state index contributed by atoms with van der Waals surface area (Å²) in [5, 5.41) is 2.24. The molecular formula is C12H19BrNO2+. The fraction of sp³-hybridized carbons (Fsp3) is 0.500. The molecule has 0 aromatic heterocycles. The van der Waals surface area contributed by atoms with E-state index in [4.69, 9.17) is 9.47 Å². The average molecular weight is 289 g/mol. The molecule has 0 heterocycles. The SMILES string of the molecule is COC[C@H](C)[NH2+]Cc1cc(Br)ccc1OC. The first kappa shape index (κ1) is 13.5. The maximum absolute atomic E-state index is 5.32. The van der Waals surface area contributed by atoms with Crippen molar-refractivity contribution >= 4 is 15.9 Å². The van der Waals surface area contributed by atoms with Gasteiger partial charge in [0.15, 0.2) is 0 Å². The van der Waals surface area contributed by atoms with Crippen LogP contribution in [0.2, 0.25) is 0 Å². The zero-order chi connectivity index (χ0) is 12.0. The Kier molecular flexibility index (Phi) is 5.80. The van der Waals surface area contributed by atoms with Crippen molar-refractivity contribution in [2.45, 2.75) is 19.5 Å². The highest BCUT2D eigenvalue weighted by atomic mass is 79.9. The van der Waals surface area contributed by atoms with E-state index in [-0.39, 0.29) is 0 Å². The Hall–Kier alpha value is -0.580. The topological polar surface area (TPSA) is 35.1 Å². The second kappa shape index (κ2) is 6.89. The minimum absolute atomic E-state index is 0.452. The zero-order valence-corrected chi connectivity index (χ0v) is 11.6. The number of hydrogen-bond donors (Lipinski definition) is 1. The molecule has 0 spiro atoms. The van der Waals surface area contributed by atoms with Crippen LogP contribution in [0.4, 0.5) is 0 Å². The number of hydrogen-bond acceptors (Lipinski definition) is 2. The van der Waals surface area contributed by atoms with E-state index in [0.29, 0.717) is 6.04 Å². The Morgan fingerprint density at radius 3 is 2.75 bits per heavy atom. The maximum Gasteiger partial charge on any atom is 0.127 e. The van der Waals surface area contributed by atoms with Gasteiger partial charge in [-0.25, -0.2) is 0 Å². The summed E-state index contributed by atoms with van der Waals surface area (Å²) < 4.78 is 11.5. The molecular weight excluding hydrogens is 270 g/mol. The fourth-order valence-electron chi connectivity index (χ4n) is 1.57. The summed E-state index contributed by atoms with van der Waals surface area (Å²) in [6.07, 6.45) is 0. The molecule has 3 nitrogen and oxygen atoms in total. The van der Waals surface area contributed by atoms with Gasteiger partial charge in [-0.3, -0.25) is 0 Å². The van der Waals surface area contributed by atoms with E-state index in [1.165, 1.54) is 5.56 Å². The molecule has 0 saturated carbocycles. The van der Waals surface area contributed by atoms with Crippen LogP contribution in [0.1, 0.15) is 12.5 Å². The molecule has 0 aliphatic rings. The van der Waals surface area contributed by atoms with Crippen LogP contribution >= 0.6 is 15.9 Å². The van der Waals surface area contributed by atoms with E-state index < -0.39 is 0 Å². The number of rotatable bonds is 6. The van der Waals surface area contributed by atoms with E-state index in [1.54, 1.807) is 14.2 Å². The van der Waals surface area contributed by atoms with Crippen molar-refractivity contribution in [3.8, 4) is 5.75 Å². The summed E-state index contributed by atoms with van der Waals surface area (Å²) in [6.45, 7) is 3.80. The lowest BCUT2D eigenvalue weighted by Gasteiger charge is -2.12. The molecule has 90 valence electrons. The predicted octanol–water partition coefficient (Wildman–Crippen LogP) is 1.56. The first-order valence-corrected chi connectivity index (χ1v) is 6.11. The molecule has 2 N–H and O–H groups in total. The summed E-state index contributed by atoms with van der Waals surface area (Å²) >= 11 is 3.47. The van der Waals surface area contributed by atoms with E-state index in [1.807, 2.05) is 12.1 Å². The predicted molar refractivity (Wildman–Crippen MR) is 67.7 cm³/mol. The summed E-state index contributed by atoms with van der Waals surface area (Å²) in [5.74, 6) is 0.934. The quantitative estimate of drug-likeness (QED) is 0.862. The van der Waals surface area contributed by atoms with Gasteiger partial charge >= 0.3 is 0 Å². The highest BCUT2D eigenvalue weighted by Crippen LogP contribution is 2.21. The summed E-state index contributed by atoms with van der Waals surface area (Å²) in [7, 11) is 3.43. The highest BCUT2D eigenvalue weighted by molar-refractivity contribution is 9.10. The van der Waals surface area contributed by atoms with Gasteiger partial charge in [-0.2, -0.15) is 0 Å². The second-order valence-electron chi connectivity index (χ2n) is 3.83. The van der Waals surface area contributed by atoms with Crippen LogP contribution in [0.5, 0.6) is 5.75 Å². The van der Waals surface area contributed by atoms with Gasteiger partial charge in [-0.1, -0.05) is 15.9 Å². The number of halogens is 1. The van der Waals surface area contributed by atoms with Gasteiger partial charge in [-0.15, -0.1) is 0 Å². The van der Waals surface area contributed by atoms with Gasteiger partial charge in [0.1, 0.15) is 18.3 Å². The maximum atomic E-state index is 5.32. The molecule has 4 heteroatoms. The Bertz CT molecular complexity index is 331. The van der Waals surface area contributed by atoms with Crippen LogP contribution in [-0.2, 0) is 11.3 Å². The van der Waals surface area contributed by atoms with Gasteiger partial charge in [0.05, 0.1) is 13.7 Å². The van der Waals surface area contributed by atoms with E-state index in [9.17, 15) is 0 Å². The Morgan fingerprint density at radius 1 is 1.38 bits per heavy atom. The van der Waals surface area contributed by atoms with E-state index >= 15 is 0 Å². The molecule has 0 bridgehead atoms. The summed E-state index contributed by atoms with van der Waals surface area (Å²) in [5.41, 5.74) is 1.19. The molecule has 0 aliphatic heterocycles. The van der Waals surface area contributed by atoms with Crippen molar-refractivity contribution in [2.75, 3.05) is 20.8 Å². The van der Waals surface area contributed by atoms with Crippen LogP contribution < -0.4 is 10.1 Å². The molecule has 1 aromatic rings. The van der Waals surface area contributed by atoms with Crippen molar-refractivity contribution in [1.82, 2.24) is 0 Å². The van der Waals surface area contributed by atoms with Crippen LogP contribution in [0.15, 0.2) is 22.7 Å². The lowest BCUT2D eigenvalue weighted by atomic mass is 10.2. The van der Waals surface area contributed by atoms with Crippen LogP contribution in [-0.4, -0.2) is 26.9 Å². The minimum atomic E-state index is 0.452. The molecule has 0 aliphatic carbocycles. The molecule has 0 saturated heterocycles. The highest BCUT2D eigenvalue weighted by Gasteiger charge is 2.08. The normalized spacial score (nSPS) is 12.5. The molecule has 0 unspecified atom stereocenters. The fourth-order valence-corrected chi connectivity index (χ4v) is 1.97. The summed E-state index contributed by atoms with van der Waals surface area (Å²) in [6, 6.07) is 6.51. The van der Waals surface area contributed by atoms with Gasteiger partial charge in [0.25, 0.3) is 0 Å². The Balaban J connectivity index is 2.61. The molecule has 1 aromatic carbocycles. The zero-order valence-electron chi connectivity index (χ0n) is 10.00. The van der Waals surface area contributed by atoms with Gasteiger partial charge < -0.3 is 14.8 Å². The first-order valence-electron chi connectivity index (χ1n) is 5.32. The van der Waals surface area contributed by atoms with Crippen molar-refractivity contribution in [3.05, 3.63) is 28.2 Å². The van der Waals surface area contributed by atoms with Crippen molar-refractivity contribution in [3.63, 3.8) is 0 Å². The molecule has 0 radical (unpaired) electrons. The van der Waals surface area contributed by atoms with Gasteiger partial charge in [0, 0.05) is 17.1 Å². The molecule has 1 atom stereocenters. The van der Waals surface area contributed by atoms with Crippen molar-refractivity contribution < 1.29 is 14.8 Å². The third-order valence-corrected chi connectivity index (χ3v) is 2.91. The summed E-state index contributed by atoms with van der Waals surface area (Å²) in [4.78, 5) is 0. The standard InChI is InChI=1S/C12H18BrNO2/c1-9(8-15-2)14-7-10-6-11(13)4-5-12(10)16-3/h4-6,9,14H,7-8H2,1-3H3/p+1/t9-/m0/s1. The number of benzene rings is 1. The number of quaternary nitrogens is 1. The van der Waals surface area contributed by atoms with Gasteiger partial charge in [-0.05, 0) is 25.1 Å². The molecule has 1 rings (SSSR count). The largest absolute Gasteiger partial charge is 0.496 e. The van der Waals surface area contributed by atoms with Crippen molar-refractivity contribution in [2.24, 2.45) is 0 Å². The minimum Gasteiger partial charge on any atom is -0.496 e. The second-order valence-corrected chi connectivity index (χ2v) is 4.74. The monoisotopic (exact) mass is 288 g/mol. The van der Waals surface area contributed by atoms with Crippen LogP contribution in [0.25, 0.3) is 0 Å². The van der Waals surface area contributed by atoms with Gasteiger partial charge in [0.2, 0.25) is 0 Å². The van der Waals surface area contributed by atoms with Crippen LogP contribution in [0, 0.1) is 0 Å². The molecule has 16 heavy (non-hydrogen) atoms. The van der Waals surface area contributed by atoms with E-state index in [2.05, 4.69) is 34.2 Å². The lowest BCUT2D eigenvalue weighted by molar-refractivity contribution is -0.702. The first-order chi connectivity index (χ1) is 7.67. The average Bonchev–Trinajstić information content (AvgIpc) is 2.27. The number of methoxy groups -OCH3 is 2. The Labute approximate surface area is 105 Å². The molecule has 0 amide bonds. The smallest absolute Gasteiger partial charge is 0.127 e.